The van der Waals surface area contributed by atoms with Crippen LogP contribution in [0.25, 0.3) is 0 Å². The minimum absolute atomic E-state index is 0.438. The molecule has 1 heterocycles. The maximum absolute atomic E-state index is 5.88. The van der Waals surface area contributed by atoms with Crippen molar-refractivity contribution in [3.63, 3.8) is 0 Å². The van der Waals surface area contributed by atoms with Gasteiger partial charge in [0.1, 0.15) is 5.15 Å². The van der Waals surface area contributed by atoms with Crippen LogP contribution in [-0.4, -0.2) is 11.0 Å². The van der Waals surface area contributed by atoms with E-state index < -0.39 is 0 Å². The first-order chi connectivity index (χ1) is 8.17. The molecule has 3 nitrogen and oxygen atoms in total. The van der Waals surface area contributed by atoms with Crippen molar-refractivity contribution in [2.75, 3.05) is 11.1 Å². The average molecular weight is 256 g/mol. The molecule has 0 saturated carbocycles. The maximum atomic E-state index is 5.88. The Morgan fingerprint density at radius 1 is 1.29 bits per heavy atom. The van der Waals surface area contributed by atoms with Crippen molar-refractivity contribution in [1.82, 2.24) is 4.98 Å². The number of rotatable bonds is 7. The fourth-order valence-electron chi connectivity index (χ4n) is 1.84. The van der Waals surface area contributed by atoms with Gasteiger partial charge in [-0.1, -0.05) is 44.7 Å². The number of unbranched alkanes of at least 4 members (excludes halogenated alkanes) is 1. The molecule has 0 bridgehead atoms. The summed E-state index contributed by atoms with van der Waals surface area (Å²) in [5.74, 6) is 0.715. The normalized spacial score (nSPS) is 12.4. The predicted molar refractivity (Wildman–Crippen MR) is 75.5 cm³/mol. The Balaban J connectivity index is 2.67. The van der Waals surface area contributed by atoms with Gasteiger partial charge in [-0.15, -0.1) is 0 Å². The van der Waals surface area contributed by atoms with Gasteiger partial charge in [0.15, 0.2) is 5.82 Å². The van der Waals surface area contributed by atoms with Gasteiger partial charge < -0.3 is 11.1 Å². The summed E-state index contributed by atoms with van der Waals surface area (Å²) in [6, 6.07) is 3.94. The van der Waals surface area contributed by atoms with Crippen LogP contribution in [0.2, 0.25) is 5.15 Å². The van der Waals surface area contributed by atoms with E-state index in [1.807, 2.05) is 0 Å². The van der Waals surface area contributed by atoms with Gasteiger partial charge in [-0.25, -0.2) is 4.98 Å². The topological polar surface area (TPSA) is 50.9 Å². The average Bonchev–Trinajstić information content (AvgIpc) is 2.31. The molecule has 1 rings (SSSR count). The molecular weight excluding hydrogens is 234 g/mol. The highest BCUT2D eigenvalue weighted by Gasteiger charge is 2.10. The lowest BCUT2D eigenvalue weighted by Crippen LogP contribution is -2.20. The molecule has 0 fully saturated rings. The molecule has 0 aromatic carbocycles. The van der Waals surface area contributed by atoms with Crippen molar-refractivity contribution in [1.29, 1.82) is 0 Å². The van der Waals surface area contributed by atoms with E-state index in [2.05, 4.69) is 24.1 Å². The molecule has 96 valence electrons. The van der Waals surface area contributed by atoms with Gasteiger partial charge in [0, 0.05) is 6.04 Å². The van der Waals surface area contributed by atoms with Gasteiger partial charge in [0.25, 0.3) is 0 Å². The zero-order chi connectivity index (χ0) is 12.7. The molecule has 0 aliphatic heterocycles. The summed E-state index contributed by atoms with van der Waals surface area (Å²) >= 11 is 5.88. The first kappa shape index (κ1) is 14.1. The molecule has 0 radical (unpaired) electrons. The first-order valence-electron chi connectivity index (χ1n) is 6.35. The zero-order valence-electron chi connectivity index (χ0n) is 10.7. The summed E-state index contributed by atoms with van der Waals surface area (Å²) in [5, 5.41) is 3.88. The quantitative estimate of drug-likeness (QED) is 0.722. The number of hydrogen-bond acceptors (Lipinski definition) is 3. The van der Waals surface area contributed by atoms with Crippen LogP contribution in [-0.2, 0) is 0 Å². The van der Waals surface area contributed by atoms with E-state index in [9.17, 15) is 0 Å². The Morgan fingerprint density at radius 2 is 2.06 bits per heavy atom. The number of nitrogens with one attached hydrogen (secondary N) is 1. The lowest BCUT2D eigenvalue weighted by Gasteiger charge is -2.19. The molecule has 0 aliphatic rings. The number of nitrogens with two attached hydrogens (primary N) is 1. The summed E-state index contributed by atoms with van der Waals surface area (Å²) in [5.41, 5.74) is 6.54. The van der Waals surface area contributed by atoms with E-state index >= 15 is 0 Å². The van der Waals surface area contributed by atoms with Crippen LogP contribution < -0.4 is 11.1 Å². The largest absolute Gasteiger partial charge is 0.396 e. The number of pyridine rings is 1. The molecule has 0 saturated heterocycles. The molecule has 1 aromatic rings. The summed E-state index contributed by atoms with van der Waals surface area (Å²) in [7, 11) is 0. The van der Waals surface area contributed by atoms with Crippen molar-refractivity contribution in [2.45, 2.75) is 52.0 Å². The molecule has 1 aromatic heterocycles. The van der Waals surface area contributed by atoms with Crippen LogP contribution in [0.4, 0.5) is 11.5 Å². The number of nitrogen functional groups attached to an aromatic ring is 1. The molecule has 1 atom stereocenters. The van der Waals surface area contributed by atoms with Crippen molar-refractivity contribution < 1.29 is 0 Å². The van der Waals surface area contributed by atoms with E-state index in [1.165, 1.54) is 12.8 Å². The lowest BCUT2D eigenvalue weighted by molar-refractivity contribution is 0.563. The van der Waals surface area contributed by atoms with Crippen LogP contribution in [0.3, 0.4) is 0 Å². The zero-order valence-corrected chi connectivity index (χ0v) is 11.4. The van der Waals surface area contributed by atoms with Crippen molar-refractivity contribution in [3.05, 3.63) is 17.3 Å². The van der Waals surface area contributed by atoms with Crippen LogP contribution in [0.15, 0.2) is 12.1 Å². The van der Waals surface area contributed by atoms with Crippen LogP contribution in [0.1, 0.15) is 46.0 Å². The Kier molecular flexibility index (Phi) is 6.12. The summed E-state index contributed by atoms with van der Waals surface area (Å²) in [6.07, 6.45) is 5.87. The first-order valence-corrected chi connectivity index (χ1v) is 6.73. The van der Waals surface area contributed by atoms with Crippen LogP contribution >= 0.6 is 11.6 Å². The SMILES string of the molecule is CCCCC(CCC)Nc1nc(Cl)ccc1N. The van der Waals surface area contributed by atoms with Gasteiger partial charge in [-0.05, 0) is 25.0 Å². The van der Waals surface area contributed by atoms with Crippen molar-refractivity contribution in [3.8, 4) is 0 Å². The van der Waals surface area contributed by atoms with Crippen molar-refractivity contribution >= 4 is 23.1 Å². The second-order valence-electron chi connectivity index (χ2n) is 4.34. The third-order valence-electron chi connectivity index (χ3n) is 2.78. The third kappa shape index (κ3) is 4.82. The highest BCUT2D eigenvalue weighted by molar-refractivity contribution is 6.29. The van der Waals surface area contributed by atoms with Gasteiger partial charge in [0.05, 0.1) is 5.69 Å². The van der Waals surface area contributed by atoms with Crippen LogP contribution in [0.5, 0.6) is 0 Å². The highest BCUT2D eigenvalue weighted by atomic mass is 35.5. The van der Waals surface area contributed by atoms with E-state index in [0.717, 1.165) is 19.3 Å². The van der Waals surface area contributed by atoms with E-state index in [4.69, 9.17) is 17.3 Å². The predicted octanol–water partition coefficient (Wildman–Crippen LogP) is 4.09. The molecule has 3 N–H and O–H groups in total. The van der Waals surface area contributed by atoms with Gasteiger partial charge in [-0.3, -0.25) is 0 Å². The Hall–Kier alpha value is -0.960. The number of halogens is 1. The van der Waals surface area contributed by atoms with E-state index in [1.54, 1.807) is 12.1 Å². The Morgan fingerprint density at radius 3 is 2.71 bits per heavy atom. The number of anilines is 2. The van der Waals surface area contributed by atoms with E-state index in [0.29, 0.717) is 22.7 Å². The second-order valence-corrected chi connectivity index (χ2v) is 4.73. The fourth-order valence-corrected chi connectivity index (χ4v) is 1.99. The number of hydrogen-bond donors (Lipinski definition) is 2. The molecule has 0 aliphatic carbocycles. The Bertz CT molecular complexity index is 341. The highest BCUT2D eigenvalue weighted by Crippen LogP contribution is 2.21. The molecule has 1 unspecified atom stereocenters. The number of aromatic nitrogens is 1. The molecule has 4 heteroatoms. The monoisotopic (exact) mass is 255 g/mol. The van der Waals surface area contributed by atoms with Gasteiger partial charge >= 0.3 is 0 Å². The van der Waals surface area contributed by atoms with E-state index in [-0.39, 0.29) is 0 Å². The second kappa shape index (κ2) is 7.38. The summed E-state index contributed by atoms with van der Waals surface area (Å²) < 4.78 is 0. The third-order valence-corrected chi connectivity index (χ3v) is 2.99. The summed E-state index contributed by atoms with van der Waals surface area (Å²) in [6.45, 7) is 4.39. The number of nitrogens with zero attached hydrogens (tertiary/aromatic N) is 1. The van der Waals surface area contributed by atoms with Crippen molar-refractivity contribution in [2.24, 2.45) is 0 Å². The maximum Gasteiger partial charge on any atom is 0.151 e. The smallest absolute Gasteiger partial charge is 0.151 e. The summed E-state index contributed by atoms with van der Waals surface area (Å²) in [4.78, 5) is 4.23. The van der Waals surface area contributed by atoms with Gasteiger partial charge in [-0.2, -0.15) is 0 Å². The lowest BCUT2D eigenvalue weighted by atomic mass is 10.1. The Labute approximate surface area is 109 Å². The minimum atomic E-state index is 0.438. The molecule has 17 heavy (non-hydrogen) atoms. The van der Waals surface area contributed by atoms with Crippen LogP contribution in [0, 0.1) is 0 Å². The molecule has 0 spiro atoms. The molecule has 0 amide bonds. The van der Waals surface area contributed by atoms with Gasteiger partial charge in [0.2, 0.25) is 0 Å². The minimum Gasteiger partial charge on any atom is -0.396 e. The standard InChI is InChI=1S/C13H22ClN3/c1-3-5-7-10(6-4-2)16-13-11(15)8-9-12(14)17-13/h8-10H,3-7,15H2,1-2H3,(H,16,17). The fraction of sp³-hybridized carbons (Fsp3) is 0.615. The molecular formula is C13H22ClN3.